The van der Waals surface area contributed by atoms with Gasteiger partial charge in [-0.05, 0) is 46.8 Å². The lowest BCUT2D eigenvalue weighted by atomic mass is 10.0. The summed E-state index contributed by atoms with van der Waals surface area (Å²) in [6.07, 6.45) is 3.30. The molecule has 0 unspecified atom stereocenters. The SMILES string of the molecule is O=C(NCc1nccnc1-c1ccsc1)c1ccc(-c2cccc(Cl)c2)cc1. The number of nitrogens with one attached hydrogen (secondary N) is 1. The summed E-state index contributed by atoms with van der Waals surface area (Å²) in [4.78, 5) is 21.3. The molecule has 4 nitrogen and oxygen atoms in total. The molecule has 1 N–H and O–H groups in total. The first kappa shape index (κ1) is 18.3. The molecule has 2 heterocycles. The zero-order chi connectivity index (χ0) is 19.3. The van der Waals surface area contributed by atoms with Crippen molar-refractivity contribution >= 4 is 28.8 Å². The molecular formula is C22H16ClN3OS. The van der Waals surface area contributed by atoms with Gasteiger partial charge < -0.3 is 5.32 Å². The Hall–Kier alpha value is -3.02. The molecule has 0 aliphatic heterocycles. The van der Waals surface area contributed by atoms with Crippen LogP contribution in [0.3, 0.4) is 0 Å². The van der Waals surface area contributed by atoms with Gasteiger partial charge in [0, 0.05) is 33.9 Å². The normalized spacial score (nSPS) is 10.6. The second kappa shape index (κ2) is 8.33. The van der Waals surface area contributed by atoms with Crippen molar-refractivity contribution in [2.45, 2.75) is 6.54 Å². The molecule has 0 spiro atoms. The van der Waals surface area contributed by atoms with E-state index in [1.165, 1.54) is 0 Å². The quantitative estimate of drug-likeness (QED) is 0.480. The molecule has 2 aromatic heterocycles. The lowest BCUT2D eigenvalue weighted by Gasteiger charge is -2.09. The predicted octanol–water partition coefficient (Wildman–Crippen LogP) is 5.46. The molecule has 0 fully saturated rings. The second-order valence-electron chi connectivity index (χ2n) is 6.13. The summed E-state index contributed by atoms with van der Waals surface area (Å²) in [5, 5.41) is 7.62. The zero-order valence-corrected chi connectivity index (χ0v) is 16.4. The number of nitrogens with zero attached hydrogens (tertiary/aromatic N) is 2. The predicted molar refractivity (Wildman–Crippen MR) is 113 cm³/mol. The summed E-state index contributed by atoms with van der Waals surface area (Å²) >= 11 is 7.65. The summed E-state index contributed by atoms with van der Waals surface area (Å²) < 4.78 is 0. The molecule has 0 atom stereocenters. The number of benzene rings is 2. The van der Waals surface area contributed by atoms with E-state index in [-0.39, 0.29) is 5.91 Å². The summed E-state index contributed by atoms with van der Waals surface area (Å²) in [6.45, 7) is 0.313. The van der Waals surface area contributed by atoms with Gasteiger partial charge in [0.05, 0.1) is 17.9 Å². The number of hydrogen-bond acceptors (Lipinski definition) is 4. The summed E-state index contributed by atoms with van der Waals surface area (Å²) in [5.41, 5.74) is 5.15. The van der Waals surface area contributed by atoms with Gasteiger partial charge in [-0.2, -0.15) is 11.3 Å². The average molecular weight is 406 g/mol. The van der Waals surface area contributed by atoms with Crippen LogP contribution in [0.15, 0.2) is 77.8 Å². The standard InChI is InChI=1S/C22H16ClN3OS/c23-19-3-1-2-17(12-19)15-4-6-16(7-5-15)22(27)26-13-20-21(25-10-9-24-20)18-8-11-28-14-18/h1-12,14H,13H2,(H,26,27). The van der Waals surface area contributed by atoms with E-state index in [4.69, 9.17) is 11.6 Å². The summed E-state index contributed by atoms with van der Waals surface area (Å²) in [5.74, 6) is -0.153. The third-order valence-electron chi connectivity index (χ3n) is 4.29. The van der Waals surface area contributed by atoms with E-state index in [0.29, 0.717) is 17.1 Å². The van der Waals surface area contributed by atoms with Crippen molar-refractivity contribution < 1.29 is 4.79 Å². The van der Waals surface area contributed by atoms with Crippen molar-refractivity contribution in [3.63, 3.8) is 0 Å². The van der Waals surface area contributed by atoms with E-state index in [0.717, 1.165) is 28.1 Å². The Labute approximate surface area is 171 Å². The molecule has 0 saturated carbocycles. The van der Waals surface area contributed by atoms with Crippen LogP contribution in [0.2, 0.25) is 5.02 Å². The minimum atomic E-state index is -0.153. The Balaban J connectivity index is 1.46. The maximum Gasteiger partial charge on any atom is 0.251 e. The van der Waals surface area contributed by atoms with Gasteiger partial charge in [0.1, 0.15) is 0 Å². The van der Waals surface area contributed by atoms with Crippen LogP contribution in [0.4, 0.5) is 0 Å². The Kier molecular flexibility index (Phi) is 5.46. The fourth-order valence-electron chi connectivity index (χ4n) is 2.88. The molecule has 0 bridgehead atoms. The molecule has 4 rings (SSSR count). The number of hydrogen-bond donors (Lipinski definition) is 1. The highest BCUT2D eigenvalue weighted by Gasteiger charge is 2.11. The molecule has 0 aliphatic carbocycles. The molecule has 0 aliphatic rings. The van der Waals surface area contributed by atoms with Crippen LogP contribution in [0.5, 0.6) is 0 Å². The van der Waals surface area contributed by atoms with Crippen LogP contribution >= 0.6 is 22.9 Å². The smallest absolute Gasteiger partial charge is 0.251 e. The van der Waals surface area contributed by atoms with Crippen molar-refractivity contribution in [3.05, 3.63) is 94.0 Å². The van der Waals surface area contributed by atoms with Gasteiger partial charge in [-0.15, -0.1) is 0 Å². The fourth-order valence-corrected chi connectivity index (χ4v) is 3.72. The molecule has 4 aromatic rings. The highest BCUT2D eigenvalue weighted by molar-refractivity contribution is 7.08. The average Bonchev–Trinajstić information content (AvgIpc) is 3.27. The van der Waals surface area contributed by atoms with Gasteiger partial charge in [-0.25, -0.2) is 0 Å². The van der Waals surface area contributed by atoms with Crippen molar-refractivity contribution in [1.82, 2.24) is 15.3 Å². The number of carbonyl (C=O) groups excluding carboxylic acids is 1. The van der Waals surface area contributed by atoms with Gasteiger partial charge in [-0.3, -0.25) is 14.8 Å². The van der Waals surface area contributed by atoms with Crippen LogP contribution < -0.4 is 5.32 Å². The Morgan fingerprint density at radius 2 is 1.79 bits per heavy atom. The van der Waals surface area contributed by atoms with Crippen LogP contribution in [-0.4, -0.2) is 15.9 Å². The Bertz CT molecular complexity index is 1090. The number of aromatic nitrogens is 2. The topological polar surface area (TPSA) is 54.9 Å². The van der Waals surface area contributed by atoms with Crippen molar-refractivity contribution in [3.8, 4) is 22.4 Å². The lowest BCUT2D eigenvalue weighted by molar-refractivity contribution is 0.0950. The molecule has 0 saturated heterocycles. The third kappa shape index (κ3) is 4.11. The lowest BCUT2D eigenvalue weighted by Crippen LogP contribution is -2.23. The number of carbonyl (C=O) groups is 1. The van der Waals surface area contributed by atoms with Crippen molar-refractivity contribution in [2.24, 2.45) is 0 Å². The maximum absolute atomic E-state index is 12.5. The molecule has 138 valence electrons. The molecule has 6 heteroatoms. The highest BCUT2D eigenvalue weighted by atomic mass is 35.5. The van der Waals surface area contributed by atoms with Crippen LogP contribution in [0, 0.1) is 0 Å². The number of rotatable bonds is 5. The largest absolute Gasteiger partial charge is 0.346 e. The molecule has 2 aromatic carbocycles. The van der Waals surface area contributed by atoms with Crippen LogP contribution in [0.1, 0.15) is 16.1 Å². The first-order valence-electron chi connectivity index (χ1n) is 8.67. The van der Waals surface area contributed by atoms with Crippen LogP contribution in [0.25, 0.3) is 22.4 Å². The summed E-state index contributed by atoms with van der Waals surface area (Å²) in [6, 6.07) is 17.1. The molecule has 1 amide bonds. The molecule has 28 heavy (non-hydrogen) atoms. The van der Waals surface area contributed by atoms with E-state index in [2.05, 4.69) is 15.3 Å². The first-order valence-corrected chi connectivity index (χ1v) is 9.99. The molecular weight excluding hydrogens is 390 g/mol. The fraction of sp³-hybridized carbons (Fsp3) is 0.0455. The Morgan fingerprint density at radius 1 is 0.964 bits per heavy atom. The van der Waals surface area contributed by atoms with E-state index >= 15 is 0 Å². The van der Waals surface area contributed by atoms with E-state index in [9.17, 15) is 4.79 Å². The van der Waals surface area contributed by atoms with Crippen LogP contribution in [-0.2, 0) is 6.54 Å². The van der Waals surface area contributed by atoms with Gasteiger partial charge in [0.15, 0.2) is 0 Å². The second-order valence-corrected chi connectivity index (χ2v) is 7.35. The van der Waals surface area contributed by atoms with E-state index < -0.39 is 0 Å². The Morgan fingerprint density at radius 3 is 2.54 bits per heavy atom. The highest BCUT2D eigenvalue weighted by Crippen LogP contribution is 2.24. The van der Waals surface area contributed by atoms with Gasteiger partial charge in [0.2, 0.25) is 0 Å². The monoisotopic (exact) mass is 405 g/mol. The van der Waals surface area contributed by atoms with Gasteiger partial charge in [-0.1, -0.05) is 35.9 Å². The van der Waals surface area contributed by atoms with E-state index in [1.807, 2.05) is 65.4 Å². The zero-order valence-electron chi connectivity index (χ0n) is 14.8. The van der Waals surface area contributed by atoms with Gasteiger partial charge >= 0.3 is 0 Å². The number of amides is 1. The number of thiophene rings is 1. The third-order valence-corrected chi connectivity index (χ3v) is 5.21. The van der Waals surface area contributed by atoms with Crippen molar-refractivity contribution in [2.75, 3.05) is 0 Å². The first-order chi connectivity index (χ1) is 13.7. The summed E-state index contributed by atoms with van der Waals surface area (Å²) in [7, 11) is 0. The molecule has 0 radical (unpaired) electrons. The minimum absolute atomic E-state index is 0.153. The van der Waals surface area contributed by atoms with Crippen molar-refractivity contribution in [1.29, 1.82) is 0 Å². The number of halogens is 1. The van der Waals surface area contributed by atoms with Gasteiger partial charge in [0.25, 0.3) is 5.91 Å². The maximum atomic E-state index is 12.5. The minimum Gasteiger partial charge on any atom is -0.346 e. The van der Waals surface area contributed by atoms with E-state index in [1.54, 1.807) is 23.7 Å².